The Balaban J connectivity index is 1.64. The van der Waals surface area contributed by atoms with Gasteiger partial charge in [0, 0.05) is 11.6 Å². The van der Waals surface area contributed by atoms with E-state index in [1.165, 1.54) is 0 Å². The number of carbonyl (C=O) groups is 1. The largest absolute Gasteiger partial charge is 0.489 e. The normalized spacial score (nSPS) is 10.2. The maximum Gasteiger partial charge on any atom is 0.253 e. The van der Waals surface area contributed by atoms with Crippen LogP contribution in [0.25, 0.3) is 0 Å². The lowest BCUT2D eigenvalue weighted by Gasteiger charge is -2.11. The molecule has 0 aliphatic heterocycles. The average Bonchev–Trinajstić information content (AvgIpc) is 2.72. The molecule has 0 saturated carbocycles. The highest BCUT2D eigenvalue weighted by molar-refractivity contribution is 6.33. The zero-order valence-electron chi connectivity index (χ0n) is 14.8. The van der Waals surface area contributed by atoms with Gasteiger partial charge in [-0.15, -0.1) is 0 Å². The molecule has 0 aliphatic rings. The number of carbonyl (C=O) groups excluding carboxylic acids is 1. The molecule has 0 atom stereocenters. The minimum Gasteiger partial charge on any atom is -0.489 e. The number of hydrogen-bond donors (Lipinski definition) is 1. The Kier molecular flexibility index (Phi) is 6.54. The lowest BCUT2D eigenvalue weighted by Crippen LogP contribution is -2.23. The van der Waals surface area contributed by atoms with E-state index in [0.29, 0.717) is 40.1 Å². The van der Waals surface area contributed by atoms with Gasteiger partial charge in [-0.1, -0.05) is 47.5 Å². The summed E-state index contributed by atoms with van der Waals surface area (Å²) in [5.41, 5.74) is 2.72. The van der Waals surface area contributed by atoms with Crippen molar-refractivity contribution in [1.82, 2.24) is 5.32 Å². The second kappa shape index (κ2) is 9.27. The molecule has 0 aliphatic carbocycles. The quantitative estimate of drug-likeness (QED) is 0.593. The van der Waals surface area contributed by atoms with Gasteiger partial charge in [-0.25, -0.2) is 0 Å². The number of nitrogens with one attached hydrogen (secondary N) is 1. The predicted molar refractivity (Wildman–Crippen MR) is 110 cm³/mol. The number of nitriles is 1. The van der Waals surface area contributed by atoms with E-state index in [2.05, 4.69) is 11.4 Å². The van der Waals surface area contributed by atoms with E-state index in [1.807, 2.05) is 18.2 Å². The van der Waals surface area contributed by atoms with Gasteiger partial charge in [0.2, 0.25) is 0 Å². The van der Waals surface area contributed by atoms with Crippen molar-refractivity contribution >= 4 is 29.1 Å². The summed E-state index contributed by atoms with van der Waals surface area (Å²) in [6, 6.07) is 21.4. The van der Waals surface area contributed by atoms with Crippen LogP contribution in [0.5, 0.6) is 5.75 Å². The van der Waals surface area contributed by atoms with Gasteiger partial charge in [0.15, 0.2) is 0 Å². The Hall–Kier alpha value is -3.00. The van der Waals surface area contributed by atoms with Gasteiger partial charge in [0.25, 0.3) is 5.91 Å². The first-order valence-corrected chi connectivity index (χ1v) is 9.25. The van der Waals surface area contributed by atoms with Crippen LogP contribution in [0.15, 0.2) is 66.7 Å². The SMILES string of the molecule is N#Cc1ccc(CNC(=O)c2cc(OCc3cccc(Cl)c3)ccc2Cl)cc1. The zero-order valence-corrected chi connectivity index (χ0v) is 16.3. The number of rotatable bonds is 6. The highest BCUT2D eigenvalue weighted by Crippen LogP contribution is 2.23. The molecule has 140 valence electrons. The van der Waals surface area contributed by atoms with E-state index >= 15 is 0 Å². The van der Waals surface area contributed by atoms with Crippen LogP contribution in [0.4, 0.5) is 0 Å². The average molecular weight is 411 g/mol. The molecular weight excluding hydrogens is 395 g/mol. The van der Waals surface area contributed by atoms with E-state index in [4.69, 9.17) is 33.2 Å². The molecule has 0 spiro atoms. The van der Waals surface area contributed by atoms with Crippen molar-refractivity contribution < 1.29 is 9.53 Å². The fourth-order valence-electron chi connectivity index (χ4n) is 2.54. The van der Waals surface area contributed by atoms with Crippen LogP contribution in [0, 0.1) is 11.3 Å². The molecule has 1 N–H and O–H groups in total. The molecular formula is C22H16Cl2N2O2. The van der Waals surface area contributed by atoms with E-state index in [9.17, 15) is 4.79 Å². The highest BCUT2D eigenvalue weighted by atomic mass is 35.5. The molecule has 3 aromatic rings. The fourth-order valence-corrected chi connectivity index (χ4v) is 2.95. The first-order chi connectivity index (χ1) is 13.5. The summed E-state index contributed by atoms with van der Waals surface area (Å²) >= 11 is 12.2. The summed E-state index contributed by atoms with van der Waals surface area (Å²) in [5, 5.41) is 12.6. The molecule has 3 rings (SSSR count). The second-order valence-corrected chi connectivity index (χ2v) is 6.90. The number of nitrogens with zero attached hydrogens (tertiary/aromatic N) is 1. The number of benzene rings is 3. The monoisotopic (exact) mass is 410 g/mol. The van der Waals surface area contributed by atoms with Gasteiger partial charge >= 0.3 is 0 Å². The molecule has 0 bridgehead atoms. The summed E-state index contributed by atoms with van der Waals surface area (Å²) < 4.78 is 5.75. The summed E-state index contributed by atoms with van der Waals surface area (Å²) in [6.07, 6.45) is 0. The van der Waals surface area contributed by atoms with Gasteiger partial charge in [-0.05, 0) is 53.6 Å². The van der Waals surface area contributed by atoms with Crippen molar-refractivity contribution in [3.63, 3.8) is 0 Å². The van der Waals surface area contributed by atoms with E-state index in [-0.39, 0.29) is 5.91 Å². The summed E-state index contributed by atoms with van der Waals surface area (Å²) in [4.78, 5) is 12.5. The van der Waals surface area contributed by atoms with Crippen LogP contribution in [-0.2, 0) is 13.2 Å². The van der Waals surface area contributed by atoms with Crippen molar-refractivity contribution in [1.29, 1.82) is 5.26 Å². The molecule has 0 saturated heterocycles. The first kappa shape index (κ1) is 19.8. The third-order valence-corrected chi connectivity index (χ3v) is 4.58. The number of amides is 1. The van der Waals surface area contributed by atoms with Crippen molar-refractivity contribution in [2.45, 2.75) is 13.2 Å². The molecule has 6 heteroatoms. The maximum absolute atomic E-state index is 12.5. The number of hydrogen-bond acceptors (Lipinski definition) is 3. The maximum atomic E-state index is 12.5. The molecule has 0 heterocycles. The van der Waals surface area contributed by atoms with E-state index in [0.717, 1.165) is 11.1 Å². The Morgan fingerprint density at radius 2 is 1.79 bits per heavy atom. The first-order valence-electron chi connectivity index (χ1n) is 8.49. The van der Waals surface area contributed by atoms with Crippen LogP contribution < -0.4 is 10.1 Å². The van der Waals surface area contributed by atoms with Crippen LogP contribution in [-0.4, -0.2) is 5.91 Å². The Morgan fingerprint density at radius 1 is 1.00 bits per heavy atom. The molecule has 0 radical (unpaired) electrons. The third kappa shape index (κ3) is 5.26. The van der Waals surface area contributed by atoms with E-state index in [1.54, 1.807) is 48.5 Å². The predicted octanol–water partition coefficient (Wildman–Crippen LogP) is 5.37. The van der Waals surface area contributed by atoms with Crippen LogP contribution in [0.1, 0.15) is 27.0 Å². The van der Waals surface area contributed by atoms with Crippen LogP contribution >= 0.6 is 23.2 Å². The molecule has 0 unspecified atom stereocenters. The molecule has 0 fully saturated rings. The van der Waals surface area contributed by atoms with Gasteiger partial charge < -0.3 is 10.1 Å². The third-order valence-electron chi connectivity index (χ3n) is 4.01. The van der Waals surface area contributed by atoms with Gasteiger partial charge in [0.1, 0.15) is 12.4 Å². The van der Waals surface area contributed by atoms with Gasteiger partial charge in [-0.2, -0.15) is 5.26 Å². The van der Waals surface area contributed by atoms with Gasteiger partial charge in [-0.3, -0.25) is 4.79 Å². The lowest BCUT2D eigenvalue weighted by atomic mass is 10.1. The van der Waals surface area contributed by atoms with Crippen LogP contribution in [0.2, 0.25) is 10.0 Å². The van der Waals surface area contributed by atoms with Crippen molar-refractivity contribution in [3.8, 4) is 11.8 Å². The van der Waals surface area contributed by atoms with Gasteiger partial charge in [0.05, 0.1) is 22.2 Å². The summed E-state index contributed by atoms with van der Waals surface area (Å²) in [5.74, 6) is 0.232. The Labute approximate surface area is 173 Å². The smallest absolute Gasteiger partial charge is 0.253 e. The minimum absolute atomic E-state index is 0.303. The molecule has 4 nitrogen and oxygen atoms in total. The van der Waals surface area contributed by atoms with Crippen molar-refractivity contribution in [2.75, 3.05) is 0 Å². The lowest BCUT2D eigenvalue weighted by molar-refractivity contribution is 0.0950. The molecule has 0 aromatic heterocycles. The molecule has 3 aromatic carbocycles. The minimum atomic E-state index is -0.303. The van der Waals surface area contributed by atoms with Crippen LogP contribution in [0.3, 0.4) is 0 Å². The van der Waals surface area contributed by atoms with Crippen molar-refractivity contribution in [3.05, 3.63) is 99.0 Å². The number of halogens is 2. The molecule has 28 heavy (non-hydrogen) atoms. The molecule has 1 amide bonds. The topological polar surface area (TPSA) is 62.1 Å². The Bertz CT molecular complexity index is 1030. The summed E-state index contributed by atoms with van der Waals surface area (Å²) in [6.45, 7) is 0.656. The standard InChI is InChI=1S/C22H16Cl2N2O2/c23-18-3-1-2-17(10-18)14-28-19-8-9-21(24)20(11-19)22(27)26-13-16-6-4-15(12-25)5-7-16/h1-11H,13-14H2,(H,26,27). The summed E-state index contributed by atoms with van der Waals surface area (Å²) in [7, 11) is 0. The Morgan fingerprint density at radius 3 is 2.50 bits per heavy atom. The number of ether oxygens (including phenoxy) is 1. The van der Waals surface area contributed by atoms with Crippen molar-refractivity contribution in [2.24, 2.45) is 0 Å². The van der Waals surface area contributed by atoms with E-state index < -0.39 is 0 Å². The fraction of sp³-hybridized carbons (Fsp3) is 0.0909. The zero-order chi connectivity index (χ0) is 19.9. The second-order valence-electron chi connectivity index (χ2n) is 6.05. The highest BCUT2D eigenvalue weighted by Gasteiger charge is 2.12.